The first-order valence-electron chi connectivity index (χ1n) is 9.57. The molecule has 146 valence electrons. The molecule has 0 bridgehead atoms. The van der Waals surface area contributed by atoms with Crippen LogP contribution in [0.2, 0.25) is 0 Å². The Morgan fingerprint density at radius 1 is 0.897 bits per heavy atom. The minimum Gasteiger partial charge on any atom is -0.289 e. The summed E-state index contributed by atoms with van der Waals surface area (Å²) in [6.07, 6.45) is 1.74. The third-order valence-corrected chi connectivity index (χ3v) is 4.89. The summed E-state index contributed by atoms with van der Waals surface area (Å²) in [7, 11) is 0. The maximum atomic E-state index is 13.3. The smallest absolute Gasteiger partial charge is 0.258 e. The van der Waals surface area contributed by atoms with Gasteiger partial charge in [-0.3, -0.25) is 14.1 Å². The second-order valence-electron chi connectivity index (χ2n) is 7.23. The summed E-state index contributed by atoms with van der Waals surface area (Å²) in [6, 6.07) is 22.1. The Labute approximate surface area is 168 Å². The number of halogens is 1. The molecule has 4 aromatic rings. The van der Waals surface area contributed by atoms with Crippen molar-refractivity contribution in [2.45, 2.75) is 26.6 Å². The van der Waals surface area contributed by atoms with Crippen LogP contribution < -0.4 is 5.56 Å². The minimum atomic E-state index is -0.247. The molecule has 0 radical (unpaired) electrons. The average Bonchev–Trinajstić information content (AvgIpc) is 2.71. The molecule has 0 N–H and O–H groups in total. The van der Waals surface area contributed by atoms with Crippen molar-refractivity contribution >= 4 is 5.65 Å². The van der Waals surface area contributed by atoms with Crippen molar-refractivity contribution in [2.75, 3.05) is 0 Å². The quantitative estimate of drug-likeness (QED) is 0.494. The SMILES string of the molecule is Cc1cccn2c(=O)cc(CN(Cc3ccccc3)Cc3ccc(F)cc3)nc12. The van der Waals surface area contributed by atoms with E-state index in [0.717, 1.165) is 16.8 Å². The van der Waals surface area contributed by atoms with Crippen LogP contribution in [0.15, 0.2) is 83.8 Å². The van der Waals surface area contributed by atoms with Crippen molar-refractivity contribution in [1.29, 1.82) is 0 Å². The summed E-state index contributed by atoms with van der Waals surface area (Å²) in [5.41, 5.74) is 4.45. The molecule has 4 nitrogen and oxygen atoms in total. The Bertz CT molecular complexity index is 1170. The molecule has 0 aliphatic heterocycles. The molecular formula is C24H22FN3O. The summed E-state index contributed by atoms with van der Waals surface area (Å²) in [5.74, 6) is -0.247. The zero-order valence-corrected chi connectivity index (χ0v) is 16.3. The molecule has 0 saturated carbocycles. The van der Waals surface area contributed by atoms with Gasteiger partial charge < -0.3 is 0 Å². The molecule has 0 amide bonds. The van der Waals surface area contributed by atoms with E-state index >= 15 is 0 Å². The number of hydrogen-bond donors (Lipinski definition) is 0. The Hall–Kier alpha value is -3.31. The predicted molar refractivity (Wildman–Crippen MR) is 112 cm³/mol. The zero-order chi connectivity index (χ0) is 20.2. The van der Waals surface area contributed by atoms with Crippen LogP contribution >= 0.6 is 0 Å². The topological polar surface area (TPSA) is 37.6 Å². The lowest BCUT2D eigenvalue weighted by molar-refractivity contribution is 0.244. The molecule has 5 heteroatoms. The second-order valence-corrected chi connectivity index (χ2v) is 7.23. The van der Waals surface area contributed by atoms with Crippen LogP contribution in [0.5, 0.6) is 0 Å². The number of hydrogen-bond acceptors (Lipinski definition) is 3. The molecule has 0 fully saturated rings. The van der Waals surface area contributed by atoms with Crippen molar-refractivity contribution in [2.24, 2.45) is 0 Å². The van der Waals surface area contributed by atoms with Gasteiger partial charge in [-0.1, -0.05) is 48.5 Å². The van der Waals surface area contributed by atoms with Crippen LogP contribution in [0.25, 0.3) is 5.65 Å². The lowest BCUT2D eigenvalue weighted by atomic mass is 10.1. The van der Waals surface area contributed by atoms with Crippen LogP contribution in [-0.2, 0) is 19.6 Å². The van der Waals surface area contributed by atoms with Gasteiger partial charge in [0.05, 0.1) is 5.69 Å². The fourth-order valence-electron chi connectivity index (χ4n) is 3.48. The highest BCUT2D eigenvalue weighted by atomic mass is 19.1. The first-order valence-corrected chi connectivity index (χ1v) is 9.57. The Kier molecular flexibility index (Phi) is 5.49. The highest BCUT2D eigenvalue weighted by Crippen LogP contribution is 2.14. The predicted octanol–water partition coefficient (Wildman–Crippen LogP) is 4.34. The summed E-state index contributed by atoms with van der Waals surface area (Å²) in [4.78, 5) is 19.5. The number of benzene rings is 2. The van der Waals surface area contributed by atoms with Gasteiger partial charge in [-0.05, 0) is 41.8 Å². The Morgan fingerprint density at radius 3 is 2.31 bits per heavy atom. The number of nitrogens with zero attached hydrogens (tertiary/aromatic N) is 3. The molecule has 0 spiro atoms. The van der Waals surface area contributed by atoms with Crippen molar-refractivity contribution in [3.63, 3.8) is 0 Å². The van der Waals surface area contributed by atoms with E-state index in [1.54, 1.807) is 28.8 Å². The maximum Gasteiger partial charge on any atom is 0.258 e. The van der Waals surface area contributed by atoms with Crippen molar-refractivity contribution < 1.29 is 4.39 Å². The van der Waals surface area contributed by atoms with Gasteiger partial charge in [0.15, 0.2) is 0 Å². The normalized spacial score (nSPS) is 11.3. The monoisotopic (exact) mass is 387 g/mol. The standard InChI is InChI=1S/C24H22FN3O/c1-18-6-5-13-28-23(29)14-22(26-24(18)28)17-27(15-19-7-3-2-4-8-19)16-20-9-11-21(25)12-10-20/h2-14H,15-17H2,1H3. The van der Waals surface area contributed by atoms with Gasteiger partial charge in [-0.15, -0.1) is 0 Å². The molecule has 2 aromatic carbocycles. The van der Waals surface area contributed by atoms with E-state index in [2.05, 4.69) is 17.0 Å². The molecule has 0 atom stereocenters. The minimum absolute atomic E-state index is 0.0878. The van der Waals surface area contributed by atoms with E-state index < -0.39 is 0 Å². The first kappa shape index (κ1) is 19.0. The van der Waals surface area contributed by atoms with Gasteiger partial charge in [0.1, 0.15) is 11.5 Å². The molecule has 0 unspecified atom stereocenters. The molecule has 4 rings (SSSR count). The number of aryl methyl sites for hydroxylation is 1. The van der Waals surface area contributed by atoms with E-state index in [1.807, 2.05) is 37.3 Å². The van der Waals surface area contributed by atoms with Crippen molar-refractivity contribution in [3.8, 4) is 0 Å². The van der Waals surface area contributed by atoms with Crippen LogP contribution in [0.1, 0.15) is 22.4 Å². The molecule has 0 aliphatic rings. The molecular weight excluding hydrogens is 365 g/mol. The fourth-order valence-corrected chi connectivity index (χ4v) is 3.48. The molecule has 2 heterocycles. The van der Waals surface area contributed by atoms with Crippen LogP contribution in [0, 0.1) is 12.7 Å². The molecule has 0 saturated heterocycles. The largest absolute Gasteiger partial charge is 0.289 e. The number of pyridine rings is 1. The average molecular weight is 387 g/mol. The highest BCUT2D eigenvalue weighted by Gasteiger charge is 2.12. The number of rotatable bonds is 6. The van der Waals surface area contributed by atoms with Crippen LogP contribution in [0.4, 0.5) is 4.39 Å². The summed E-state index contributed by atoms with van der Waals surface area (Å²) < 4.78 is 14.9. The van der Waals surface area contributed by atoms with Crippen LogP contribution in [-0.4, -0.2) is 14.3 Å². The van der Waals surface area contributed by atoms with E-state index in [0.29, 0.717) is 25.3 Å². The van der Waals surface area contributed by atoms with Crippen molar-refractivity contribution in [3.05, 3.63) is 118 Å². The van der Waals surface area contributed by atoms with Gasteiger partial charge in [0.25, 0.3) is 5.56 Å². The summed E-state index contributed by atoms with van der Waals surface area (Å²) in [5, 5.41) is 0. The number of aromatic nitrogens is 2. The van der Waals surface area contributed by atoms with E-state index in [-0.39, 0.29) is 11.4 Å². The van der Waals surface area contributed by atoms with E-state index in [9.17, 15) is 9.18 Å². The van der Waals surface area contributed by atoms with Gasteiger partial charge in [0.2, 0.25) is 0 Å². The van der Waals surface area contributed by atoms with Gasteiger partial charge in [0, 0.05) is 31.9 Å². The van der Waals surface area contributed by atoms with Gasteiger partial charge in [-0.2, -0.15) is 0 Å². The fraction of sp³-hybridized carbons (Fsp3) is 0.167. The second kappa shape index (κ2) is 8.37. The van der Waals surface area contributed by atoms with Gasteiger partial charge >= 0.3 is 0 Å². The van der Waals surface area contributed by atoms with Crippen molar-refractivity contribution in [1.82, 2.24) is 14.3 Å². The third-order valence-electron chi connectivity index (χ3n) is 4.89. The van der Waals surface area contributed by atoms with E-state index in [1.165, 1.54) is 17.7 Å². The van der Waals surface area contributed by atoms with Crippen LogP contribution in [0.3, 0.4) is 0 Å². The first-order chi connectivity index (χ1) is 14.1. The summed E-state index contributed by atoms with van der Waals surface area (Å²) >= 11 is 0. The molecule has 0 aliphatic carbocycles. The summed E-state index contributed by atoms with van der Waals surface area (Å²) in [6.45, 7) is 3.80. The Balaban J connectivity index is 1.65. The van der Waals surface area contributed by atoms with Gasteiger partial charge in [-0.25, -0.2) is 9.37 Å². The zero-order valence-electron chi connectivity index (χ0n) is 16.3. The van der Waals surface area contributed by atoms with E-state index in [4.69, 9.17) is 4.98 Å². The molecule has 2 aromatic heterocycles. The molecule has 29 heavy (non-hydrogen) atoms. The highest BCUT2D eigenvalue weighted by molar-refractivity contribution is 5.46. The lowest BCUT2D eigenvalue weighted by Crippen LogP contribution is -2.25. The Morgan fingerprint density at radius 2 is 1.59 bits per heavy atom. The third kappa shape index (κ3) is 4.58. The number of fused-ring (bicyclic) bond motifs is 1. The maximum absolute atomic E-state index is 13.3. The lowest BCUT2D eigenvalue weighted by Gasteiger charge is -2.22.